The van der Waals surface area contributed by atoms with Crippen molar-refractivity contribution in [2.24, 2.45) is 0 Å². The van der Waals surface area contributed by atoms with Gasteiger partial charge in [-0.05, 0) is 18.6 Å². The fourth-order valence-corrected chi connectivity index (χ4v) is 3.38. The second kappa shape index (κ2) is 8.08. The van der Waals surface area contributed by atoms with Gasteiger partial charge in [0.05, 0.1) is 36.1 Å². The van der Waals surface area contributed by atoms with E-state index in [4.69, 9.17) is 9.47 Å². The van der Waals surface area contributed by atoms with Gasteiger partial charge in [-0.25, -0.2) is 9.37 Å². The minimum absolute atomic E-state index is 0.244. The third kappa shape index (κ3) is 4.05. The molecule has 0 aliphatic carbocycles. The molecule has 1 N–H and O–H groups in total. The van der Waals surface area contributed by atoms with Gasteiger partial charge in [-0.1, -0.05) is 12.1 Å². The molecule has 1 aliphatic rings. The normalized spacial score (nSPS) is 17.2. The zero-order valence-electron chi connectivity index (χ0n) is 15.6. The summed E-state index contributed by atoms with van der Waals surface area (Å²) in [7, 11) is 1.58. The molecule has 4 rings (SSSR count). The highest BCUT2D eigenvalue weighted by molar-refractivity contribution is 5.81. The highest BCUT2D eigenvalue weighted by Crippen LogP contribution is 2.32. The Morgan fingerprint density at radius 1 is 1.21 bits per heavy atom. The van der Waals surface area contributed by atoms with Gasteiger partial charge >= 0.3 is 0 Å². The van der Waals surface area contributed by atoms with Crippen molar-refractivity contribution < 1.29 is 19.0 Å². The first-order valence-electron chi connectivity index (χ1n) is 9.26. The Morgan fingerprint density at radius 3 is 2.82 bits per heavy atom. The lowest BCUT2D eigenvalue weighted by Gasteiger charge is -2.16. The highest BCUT2D eigenvalue weighted by atomic mass is 19.1. The summed E-state index contributed by atoms with van der Waals surface area (Å²) in [6.07, 6.45) is 2.18. The Labute approximate surface area is 162 Å². The number of rotatable bonds is 6. The zero-order chi connectivity index (χ0) is 19.5. The maximum Gasteiger partial charge on any atom is 0.163 e. The van der Waals surface area contributed by atoms with Crippen molar-refractivity contribution in [1.29, 1.82) is 0 Å². The smallest absolute Gasteiger partial charge is 0.163 e. The van der Waals surface area contributed by atoms with Crippen LogP contribution in [-0.4, -0.2) is 59.4 Å². The van der Waals surface area contributed by atoms with E-state index in [1.54, 1.807) is 37.6 Å². The number of ether oxygens (including phenoxy) is 2. The number of hydrogen-bond acceptors (Lipinski definition) is 6. The fraction of sp³-hybridized carbons (Fsp3) is 0.333. The number of benzene rings is 2. The molecular weight excluding hydrogens is 361 g/mol. The first-order chi connectivity index (χ1) is 13.6. The van der Waals surface area contributed by atoms with Crippen LogP contribution in [0.2, 0.25) is 0 Å². The SMILES string of the molecule is COc1cc2ncc(-c3cccc(F)c3)nc2cc1OCCN1CC[C@H](O)C1. The molecule has 1 atom stereocenters. The van der Waals surface area contributed by atoms with Gasteiger partial charge in [0.15, 0.2) is 11.5 Å². The molecule has 2 heterocycles. The maximum atomic E-state index is 13.5. The molecule has 146 valence electrons. The molecule has 7 heteroatoms. The topological polar surface area (TPSA) is 67.7 Å². The molecule has 0 bridgehead atoms. The summed E-state index contributed by atoms with van der Waals surface area (Å²) in [5.41, 5.74) is 2.58. The van der Waals surface area contributed by atoms with Crippen LogP contribution in [0.15, 0.2) is 42.6 Å². The molecule has 2 aromatic carbocycles. The van der Waals surface area contributed by atoms with E-state index >= 15 is 0 Å². The minimum atomic E-state index is -0.315. The van der Waals surface area contributed by atoms with Crippen LogP contribution in [0.25, 0.3) is 22.3 Å². The average Bonchev–Trinajstić information content (AvgIpc) is 3.12. The second-order valence-electron chi connectivity index (χ2n) is 6.85. The summed E-state index contributed by atoms with van der Waals surface area (Å²) in [4.78, 5) is 11.2. The zero-order valence-corrected chi connectivity index (χ0v) is 15.6. The van der Waals surface area contributed by atoms with Crippen molar-refractivity contribution in [1.82, 2.24) is 14.9 Å². The van der Waals surface area contributed by atoms with E-state index in [1.807, 2.05) is 0 Å². The van der Waals surface area contributed by atoms with Crippen molar-refractivity contribution in [2.45, 2.75) is 12.5 Å². The quantitative estimate of drug-likeness (QED) is 0.706. The average molecular weight is 383 g/mol. The summed E-state index contributed by atoms with van der Waals surface area (Å²) < 4.78 is 24.9. The van der Waals surface area contributed by atoms with Crippen molar-refractivity contribution in [3.8, 4) is 22.8 Å². The van der Waals surface area contributed by atoms with Gasteiger partial charge in [0.1, 0.15) is 12.4 Å². The molecular formula is C21H22FN3O3. The van der Waals surface area contributed by atoms with Gasteiger partial charge in [0.25, 0.3) is 0 Å². The van der Waals surface area contributed by atoms with Crippen LogP contribution >= 0.6 is 0 Å². The Kier molecular flexibility index (Phi) is 5.36. The molecule has 28 heavy (non-hydrogen) atoms. The molecule has 0 saturated carbocycles. The van der Waals surface area contributed by atoms with Crippen LogP contribution in [0.3, 0.4) is 0 Å². The number of aliphatic hydroxyl groups excluding tert-OH is 1. The molecule has 0 spiro atoms. The van der Waals surface area contributed by atoms with E-state index in [9.17, 15) is 9.50 Å². The summed E-state index contributed by atoms with van der Waals surface area (Å²) in [6.45, 7) is 2.77. The van der Waals surface area contributed by atoms with Crippen LogP contribution in [-0.2, 0) is 0 Å². The number of methoxy groups -OCH3 is 1. The number of halogens is 1. The number of fused-ring (bicyclic) bond motifs is 1. The monoisotopic (exact) mass is 383 g/mol. The van der Waals surface area contributed by atoms with Gasteiger partial charge in [0, 0.05) is 37.3 Å². The van der Waals surface area contributed by atoms with Gasteiger partial charge in [-0.3, -0.25) is 9.88 Å². The third-order valence-corrected chi connectivity index (χ3v) is 4.86. The predicted molar refractivity (Wildman–Crippen MR) is 104 cm³/mol. The molecule has 1 aliphatic heterocycles. The number of aromatic nitrogens is 2. The lowest BCUT2D eigenvalue weighted by Crippen LogP contribution is -2.27. The van der Waals surface area contributed by atoms with Gasteiger partial charge in [-0.2, -0.15) is 0 Å². The predicted octanol–water partition coefficient (Wildman–Crippen LogP) is 2.89. The summed E-state index contributed by atoms with van der Waals surface area (Å²) in [5, 5.41) is 9.61. The molecule has 0 unspecified atom stereocenters. The van der Waals surface area contributed by atoms with E-state index < -0.39 is 0 Å². The standard InChI is InChI=1S/C21H22FN3O3/c1-27-20-10-17-18(11-21(20)28-8-7-25-6-5-16(26)13-25)24-19(12-23-17)14-3-2-4-15(22)9-14/h2-4,9-12,16,26H,5-8,13H2,1H3/t16-/m0/s1. The molecule has 0 radical (unpaired) electrons. The Bertz CT molecular complexity index is 982. The third-order valence-electron chi connectivity index (χ3n) is 4.86. The van der Waals surface area contributed by atoms with E-state index in [1.165, 1.54) is 12.1 Å². The van der Waals surface area contributed by atoms with Crippen LogP contribution < -0.4 is 9.47 Å². The Balaban J connectivity index is 1.56. The van der Waals surface area contributed by atoms with Crippen LogP contribution in [0.1, 0.15) is 6.42 Å². The van der Waals surface area contributed by atoms with Crippen LogP contribution in [0.4, 0.5) is 4.39 Å². The Morgan fingerprint density at radius 2 is 2.07 bits per heavy atom. The van der Waals surface area contributed by atoms with Gasteiger partial charge in [0.2, 0.25) is 0 Å². The van der Waals surface area contributed by atoms with E-state index in [-0.39, 0.29) is 11.9 Å². The number of nitrogens with zero attached hydrogens (tertiary/aromatic N) is 3. The number of hydrogen-bond donors (Lipinski definition) is 1. The molecule has 1 fully saturated rings. The largest absolute Gasteiger partial charge is 0.493 e. The first-order valence-corrected chi connectivity index (χ1v) is 9.26. The number of likely N-dealkylation sites (tertiary alicyclic amines) is 1. The van der Waals surface area contributed by atoms with Gasteiger partial charge < -0.3 is 14.6 Å². The molecule has 3 aromatic rings. The molecule has 0 amide bonds. The van der Waals surface area contributed by atoms with Crippen molar-refractivity contribution >= 4 is 11.0 Å². The summed E-state index contributed by atoms with van der Waals surface area (Å²) >= 11 is 0. The highest BCUT2D eigenvalue weighted by Gasteiger charge is 2.20. The number of β-amino-alcohol motifs (C(OH)–C–C–N with tert-alkyl or cyclic N) is 1. The van der Waals surface area contributed by atoms with Crippen LogP contribution in [0, 0.1) is 5.82 Å². The van der Waals surface area contributed by atoms with Crippen molar-refractivity contribution in [3.05, 3.63) is 48.4 Å². The van der Waals surface area contributed by atoms with E-state index in [2.05, 4.69) is 14.9 Å². The van der Waals surface area contributed by atoms with Crippen molar-refractivity contribution in [3.63, 3.8) is 0 Å². The lowest BCUT2D eigenvalue weighted by molar-refractivity contribution is 0.166. The summed E-state index contributed by atoms with van der Waals surface area (Å²) in [5.74, 6) is 0.854. The number of aliphatic hydroxyl groups is 1. The maximum absolute atomic E-state index is 13.5. The molecule has 6 nitrogen and oxygen atoms in total. The second-order valence-corrected chi connectivity index (χ2v) is 6.85. The van der Waals surface area contributed by atoms with E-state index in [0.717, 1.165) is 19.5 Å². The van der Waals surface area contributed by atoms with Crippen molar-refractivity contribution in [2.75, 3.05) is 33.4 Å². The molecule has 1 saturated heterocycles. The minimum Gasteiger partial charge on any atom is -0.493 e. The first kappa shape index (κ1) is 18.6. The van der Waals surface area contributed by atoms with Gasteiger partial charge in [-0.15, -0.1) is 0 Å². The fourth-order valence-electron chi connectivity index (χ4n) is 3.38. The molecule has 1 aromatic heterocycles. The van der Waals surface area contributed by atoms with Crippen LogP contribution in [0.5, 0.6) is 11.5 Å². The van der Waals surface area contributed by atoms with E-state index in [0.29, 0.717) is 46.9 Å². The summed E-state index contributed by atoms with van der Waals surface area (Å²) in [6, 6.07) is 9.85. The Hall–Kier alpha value is -2.77. The lowest BCUT2D eigenvalue weighted by atomic mass is 10.1.